The molecule has 1 aromatic heterocycles. The predicted octanol–water partition coefficient (Wildman–Crippen LogP) is 4.41. The summed E-state index contributed by atoms with van der Waals surface area (Å²) in [5.41, 5.74) is 2.60. The Labute approximate surface area is 131 Å². The Hall–Kier alpha value is -1.22. The van der Waals surface area contributed by atoms with E-state index in [0.29, 0.717) is 11.3 Å². The first-order chi connectivity index (χ1) is 10.2. The van der Waals surface area contributed by atoms with Crippen LogP contribution in [0.5, 0.6) is 5.75 Å². The molecule has 1 heterocycles. The largest absolute Gasteiger partial charge is 0.491 e. The highest BCUT2D eigenvalue weighted by atomic mass is 35.5. The van der Waals surface area contributed by atoms with E-state index in [9.17, 15) is 0 Å². The summed E-state index contributed by atoms with van der Waals surface area (Å²) in [7, 11) is 0. The first kappa shape index (κ1) is 14.7. The van der Waals surface area contributed by atoms with Gasteiger partial charge in [0.1, 0.15) is 17.1 Å². The zero-order chi connectivity index (χ0) is 14.9. The number of hydrogen-bond donors (Lipinski definition) is 0. The second-order valence-electron chi connectivity index (χ2n) is 6.34. The molecule has 21 heavy (non-hydrogen) atoms. The molecule has 1 aliphatic rings. The van der Waals surface area contributed by atoms with Crippen LogP contribution >= 0.6 is 11.6 Å². The van der Waals surface area contributed by atoms with Gasteiger partial charge in [-0.2, -0.15) is 0 Å². The molecule has 0 spiro atoms. The third kappa shape index (κ3) is 3.03. The van der Waals surface area contributed by atoms with Crippen molar-refractivity contribution in [3.05, 3.63) is 24.0 Å². The van der Waals surface area contributed by atoms with Gasteiger partial charge in [0.25, 0.3) is 0 Å². The topological polar surface area (TPSA) is 27.1 Å². The van der Waals surface area contributed by atoms with Gasteiger partial charge in [-0.3, -0.25) is 0 Å². The number of para-hydroxylation sites is 1. The first-order valence-corrected chi connectivity index (χ1v) is 8.37. The van der Waals surface area contributed by atoms with Crippen LogP contribution in [0.1, 0.15) is 38.9 Å². The van der Waals surface area contributed by atoms with E-state index < -0.39 is 0 Å². The fourth-order valence-electron chi connectivity index (χ4n) is 2.70. The van der Waals surface area contributed by atoms with Crippen molar-refractivity contribution in [2.75, 3.05) is 12.5 Å². The Balaban J connectivity index is 2.03. The van der Waals surface area contributed by atoms with E-state index in [-0.39, 0.29) is 0 Å². The molecule has 1 fully saturated rings. The average molecular weight is 307 g/mol. The molecular weight excluding hydrogens is 284 g/mol. The number of aromatic nitrogens is 2. The van der Waals surface area contributed by atoms with E-state index >= 15 is 0 Å². The van der Waals surface area contributed by atoms with E-state index in [1.165, 1.54) is 18.4 Å². The molecule has 4 heteroatoms. The van der Waals surface area contributed by atoms with E-state index in [0.717, 1.165) is 43.1 Å². The lowest BCUT2D eigenvalue weighted by atomic mass is 10.1. The predicted molar refractivity (Wildman–Crippen MR) is 87.3 cm³/mol. The third-order valence-electron chi connectivity index (χ3n) is 4.24. The smallest absolute Gasteiger partial charge is 0.147 e. The molecule has 114 valence electrons. The second kappa shape index (κ2) is 5.88. The standard InChI is InChI=1S/C17H23ClN2O/c1-3-11-21-14-6-4-5-13-16(14)19-15(7-10-18)20(13)12-17(2)8-9-17/h4-6H,3,7-12H2,1-2H3. The summed E-state index contributed by atoms with van der Waals surface area (Å²) in [6.07, 6.45) is 4.42. The number of aryl methyl sites for hydroxylation is 1. The Kier molecular flexibility index (Phi) is 4.12. The zero-order valence-electron chi connectivity index (χ0n) is 12.9. The van der Waals surface area contributed by atoms with Gasteiger partial charge in [-0.15, -0.1) is 11.6 Å². The molecule has 0 unspecified atom stereocenters. The number of halogens is 1. The molecule has 1 aliphatic carbocycles. The number of fused-ring (bicyclic) bond motifs is 1. The van der Waals surface area contributed by atoms with Gasteiger partial charge in [0.2, 0.25) is 0 Å². The van der Waals surface area contributed by atoms with Gasteiger partial charge in [0.05, 0.1) is 12.1 Å². The number of ether oxygens (including phenoxy) is 1. The molecule has 0 bridgehead atoms. The lowest BCUT2D eigenvalue weighted by molar-refractivity contribution is 0.320. The van der Waals surface area contributed by atoms with Crippen molar-refractivity contribution < 1.29 is 4.74 Å². The Bertz CT molecular complexity index is 631. The van der Waals surface area contributed by atoms with Crippen LogP contribution in [-0.2, 0) is 13.0 Å². The minimum atomic E-state index is 0.439. The lowest BCUT2D eigenvalue weighted by Crippen LogP contribution is -2.11. The van der Waals surface area contributed by atoms with Gasteiger partial charge in [0, 0.05) is 18.8 Å². The molecular formula is C17H23ClN2O. The first-order valence-electron chi connectivity index (χ1n) is 7.84. The normalized spacial score (nSPS) is 16.3. The van der Waals surface area contributed by atoms with Crippen LogP contribution in [0.25, 0.3) is 11.0 Å². The summed E-state index contributed by atoms with van der Waals surface area (Å²) in [4.78, 5) is 4.82. The summed E-state index contributed by atoms with van der Waals surface area (Å²) in [5.74, 6) is 2.58. The minimum absolute atomic E-state index is 0.439. The van der Waals surface area contributed by atoms with Crippen molar-refractivity contribution in [3.63, 3.8) is 0 Å². The summed E-state index contributed by atoms with van der Waals surface area (Å²) >= 11 is 5.96. The van der Waals surface area contributed by atoms with Crippen molar-refractivity contribution in [2.24, 2.45) is 5.41 Å². The van der Waals surface area contributed by atoms with Gasteiger partial charge < -0.3 is 9.30 Å². The molecule has 0 radical (unpaired) electrons. The number of nitrogens with zero attached hydrogens (tertiary/aromatic N) is 2. The fourth-order valence-corrected chi connectivity index (χ4v) is 2.87. The van der Waals surface area contributed by atoms with Gasteiger partial charge in [0.15, 0.2) is 0 Å². The molecule has 1 aromatic carbocycles. The third-order valence-corrected chi connectivity index (χ3v) is 4.43. The van der Waals surface area contributed by atoms with Gasteiger partial charge in [-0.05, 0) is 36.8 Å². The molecule has 1 saturated carbocycles. The summed E-state index contributed by atoms with van der Waals surface area (Å²) in [5, 5.41) is 0. The Morgan fingerprint density at radius 2 is 2.19 bits per heavy atom. The van der Waals surface area contributed by atoms with Crippen LogP contribution in [0.4, 0.5) is 0 Å². The highest BCUT2D eigenvalue weighted by Gasteiger charge is 2.38. The Morgan fingerprint density at radius 3 is 2.86 bits per heavy atom. The van der Waals surface area contributed by atoms with Crippen LogP contribution in [0.15, 0.2) is 18.2 Å². The van der Waals surface area contributed by atoms with Crippen LogP contribution < -0.4 is 4.74 Å². The number of benzene rings is 1. The van der Waals surface area contributed by atoms with E-state index in [1.807, 2.05) is 6.07 Å². The SMILES string of the molecule is CCCOc1cccc2c1nc(CCCl)n2CC1(C)CC1. The lowest BCUT2D eigenvalue weighted by Gasteiger charge is -2.13. The Morgan fingerprint density at radius 1 is 1.38 bits per heavy atom. The van der Waals surface area contributed by atoms with Crippen molar-refractivity contribution in [1.82, 2.24) is 9.55 Å². The van der Waals surface area contributed by atoms with Crippen LogP contribution in [0, 0.1) is 5.41 Å². The van der Waals surface area contributed by atoms with Crippen molar-refractivity contribution >= 4 is 22.6 Å². The van der Waals surface area contributed by atoms with Crippen molar-refractivity contribution in [2.45, 2.75) is 46.1 Å². The number of alkyl halides is 1. The molecule has 0 atom stereocenters. The molecule has 3 nitrogen and oxygen atoms in total. The minimum Gasteiger partial charge on any atom is -0.491 e. The quantitative estimate of drug-likeness (QED) is 0.709. The molecule has 0 aliphatic heterocycles. The van der Waals surface area contributed by atoms with E-state index in [1.54, 1.807) is 0 Å². The van der Waals surface area contributed by atoms with Crippen LogP contribution in [0.3, 0.4) is 0 Å². The zero-order valence-corrected chi connectivity index (χ0v) is 13.6. The second-order valence-corrected chi connectivity index (χ2v) is 6.71. The summed E-state index contributed by atoms with van der Waals surface area (Å²) < 4.78 is 8.20. The maximum Gasteiger partial charge on any atom is 0.147 e. The maximum atomic E-state index is 5.96. The van der Waals surface area contributed by atoms with Gasteiger partial charge >= 0.3 is 0 Å². The van der Waals surface area contributed by atoms with E-state index in [4.69, 9.17) is 21.3 Å². The highest BCUT2D eigenvalue weighted by molar-refractivity contribution is 6.17. The number of hydrogen-bond acceptors (Lipinski definition) is 2. The molecule has 2 aromatic rings. The maximum absolute atomic E-state index is 5.96. The number of imidazole rings is 1. The molecule has 0 N–H and O–H groups in total. The number of rotatable bonds is 7. The van der Waals surface area contributed by atoms with Crippen LogP contribution in [-0.4, -0.2) is 22.0 Å². The van der Waals surface area contributed by atoms with Gasteiger partial charge in [-0.25, -0.2) is 4.98 Å². The fraction of sp³-hybridized carbons (Fsp3) is 0.588. The van der Waals surface area contributed by atoms with Crippen LogP contribution in [0.2, 0.25) is 0 Å². The average Bonchev–Trinajstić information content (AvgIpc) is 3.11. The highest BCUT2D eigenvalue weighted by Crippen LogP contribution is 2.47. The van der Waals surface area contributed by atoms with Crippen molar-refractivity contribution in [1.29, 1.82) is 0 Å². The van der Waals surface area contributed by atoms with Gasteiger partial charge in [-0.1, -0.05) is 19.9 Å². The summed E-state index contributed by atoms with van der Waals surface area (Å²) in [6, 6.07) is 6.22. The van der Waals surface area contributed by atoms with E-state index in [2.05, 4.69) is 30.5 Å². The molecule has 0 saturated heterocycles. The molecule has 3 rings (SSSR count). The molecule has 0 amide bonds. The van der Waals surface area contributed by atoms with Crippen molar-refractivity contribution in [3.8, 4) is 5.75 Å². The summed E-state index contributed by atoms with van der Waals surface area (Å²) in [6.45, 7) is 6.23. The monoisotopic (exact) mass is 306 g/mol.